The zero-order chi connectivity index (χ0) is 38.3. The molecule has 0 N–H and O–H groups in total. The summed E-state index contributed by atoms with van der Waals surface area (Å²) in [5.41, 5.74) is 5.71. The average Bonchev–Trinajstić information content (AvgIpc) is 3.81. The maximum atomic E-state index is 8.84. The van der Waals surface area contributed by atoms with Gasteiger partial charge in [0.1, 0.15) is 0 Å². The van der Waals surface area contributed by atoms with Crippen LogP contribution < -0.4 is 21.2 Å². The number of nitrogens with zero attached hydrogens (tertiary/aromatic N) is 1. The number of rotatable bonds is 12. The van der Waals surface area contributed by atoms with Crippen LogP contribution in [0.2, 0.25) is 0 Å². The van der Waals surface area contributed by atoms with Crippen LogP contribution in [0.3, 0.4) is 0 Å². The number of unbranched alkanes of at least 4 members (excludes halogenated alkanes) is 1. The summed E-state index contributed by atoms with van der Waals surface area (Å²) in [6, 6.07) is 42.1. The van der Waals surface area contributed by atoms with E-state index in [1.165, 1.54) is 53.6 Å². The standard InChI is InChI=1S/C47H67Cl2NP4/c1-8-10-34-50(54(49)44(40-20-14-11-15-21-40)32-33-45(54)41-22-16-12-17-23-41)51(7,42-24-18-13-19-25-42)43-30-31-46(52(9-2)36(3)26-27-37(52)4)47(35-43)53(48)38(5)28-29-39(53)6/h11-25,30-33,35-39,44-45,51-54H,8-10,26-29,34H2,1-7H3/t36-,37-,38-,39-,44-,45+/m1/s1. The van der Waals surface area contributed by atoms with Crippen molar-refractivity contribution in [2.75, 3.05) is 19.4 Å². The molecular formula is C47H67Cl2NP4. The molecule has 1 nitrogen and oxygen atoms in total. The third-order valence-electron chi connectivity index (χ3n) is 15.0. The van der Waals surface area contributed by atoms with Crippen molar-refractivity contribution < 1.29 is 0 Å². The van der Waals surface area contributed by atoms with Crippen molar-refractivity contribution in [2.45, 2.75) is 114 Å². The minimum absolute atomic E-state index is 0.163. The van der Waals surface area contributed by atoms with Crippen LogP contribution in [0.1, 0.15) is 103 Å². The molecule has 0 aliphatic carbocycles. The number of halogens is 2. The fourth-order valence-corrected chi connectivity index (χ4v) is 39.0. The number of allylic oxidation sites excluding steroid dienone is 2. The summed E-state index contributed by atoms with van der Waals surface area (Å²) in [6.45, 7) is 13.4. The van der Waals surface area contributed by atoms with Crippen molar-refractivity contribution in [2.24, 2.45) is 0 Å². The molecule has 4 aromatic carbocycles. The van der Waals surface area contributed by atoms with Gasteiger partial charge in [-0.3, -0.25) is 0 Å². The third-order valence-corrected chi connectivity index (χ3v) is 42.5. The Kier molecular flexibility index (Phi) is 12.6. The van der Waals surface area contributed by atoms with Gasteiger partial charge in [-0.25, -0.2) is 0 Å². The van der Waals surface area contributed by atoms with Crippen LogP contribution in [0.25, 0.3) is 0 Å². The van der Waals surface area contributed by atoms with Gasteiger partial charge in [0.05, 0.1) is 0 Å². The minimum atomic E-state index is -2.93. The second-order valence-corrected chi connectivity index (χ2v) is 38.1. The Morgan fingerprint density at radius 1 is 0.611 bits per heavy atom. The Hall–Kier alpha value is -1.12. The molecule has 0 bridgehead atoms. The van der Waals surface area contributed by atoms with Gasteiger partial charge in [0.2, 0.25) is 0 Å². The Labute approximate surface area is 340 Å². The van der Waals surface area contributed by atoms with Gasteiger partial charge < -0.3 is 0 Å². The van der Waals surface area contributed by atoms with Gasteiger partial charge in [-0.15, -0.1) is 0 Å². The van der Waals surface area contributed by atoms with E-state index >= 15 is 0 Å². The second-order valence-electron chi connectivity index (χ2n) is 17.5. The van der Waals surface area contributed by atoms with Crippen molar-refractivity contribution >= 4 is 71.8 Å². The molecule has 3 heterocycles. The van der Waals surface area contributed by atoms with Gasteiger partial charge >= 0.3 is 342 Å². The van der Waals surface area contributed by atoms with Crippen molar-refractivity contribution in [1.29, 1.82) is 0 Å². The van der Waals surface area contributed by atoms with E-state index in [9.17, 15) is 0 Å². The van der Waals surface area contributed by atoms with Crippen LogP contribution in [0.4, 0.5) is 0 Å². The molecule has 0 aromatic heterocycles. The normalized spacial score (nSPS) is 29.2. The third kappa shape index (κ3) is 6.66. The van der Waals surface area contributed by atoms with Crippen LogP contribution in [0.15, 0.2) is 121 Å². The average molecular weight is 841 g/mol. The Morgan fingerprint density at radius 2 is 1.09 bits per heavy atom. The Morgan fingerprint density at radius 3 is 1.57 bits per heavy atom. The fourth-order valence-electron chi connectivity index (χ4n) is 11.8. The molecule has 7 heteroatoms. The second kappa shape index (κ2) is 16.6. The monoisotopic (exact) mass is 839 g/mol. The van der Waals surface area contributed by atoms with Crippen molar-refractivity contribution in [3.05, 3.63) is 132 Å². The maximum absolute atomic E-state index is 8.84. The molecule has 294 valence electrons. The molecule has 4 aromatic rings. The number of hydrogen-bond acceptors (Lipinski definition) is 1. The molecule has 2 saturated heterocycles. The zero-order valence-corrected chi connectivity index (χ0v) is 39.4. The zero-order valence-electron chi connectivity index (χ0n) is 33.9. The summed E-state index contributed by atoms with van der Waals surface area (Å²) in [4.78, 5) is 0. The molecule has 0 saturated carbocycles. The molecule has 0 unspecified atom stereocenters. The Bertz CT molecular complexity index is 1840. The van der Waals surface area contributed by atoms with E-state index in [-0.39, 0.29) is 11.3 Å². The predicted octanol–water partition coefficient (Wildman–Crippen LogP) is 13.0. The van der Waals surface area contributed by atoms with Crippen molar-refractivity contribution in [3.63, 3.8) is 0 Å². The first-order valence-electron chi connectivity index (χ1n) is 21.1. The molecule has 2 fully saturated rings. The molecule has 54 heavy (non-hydrogen) atoms. The molecule has 0 radical (unpaired) electrons. The van der Waals surface area contributed by atoms with E-state index in [1.54, 1.807) is 10.6 Å². The van der Waals surface area contributed by atoms with E-state index in [0.29, 0.717) is 11.3 Å². The van der Waals surface area contributed by atoms with Crippen LogP contribution in [0, 0.1) is 0 Å². The molecule has 3 aliphatic rings. The van der Waals surface area contributed by atoms with E-state index in [1.807, 2.05) is 0 Å². The quantitative estimate of drug-likeness (QED) is 0.101. The van der Waals surface area contributed by atoms with E-state index < -0.39 is 28.1 Å². The van der Waals surface area contributed by atoms with Gasteiger partial charge in [-0.2, -0.15) is 0 Å². The first-order chi connectivity index (χ1) is 26.0. The van der Waals surface area contributed by atoms with E-state index in [0.717, 1.165) is 30.7 Å². The molecule has 7 rings (SSSR count). The summed E-state index contributed by atoms with van der Waals surface area (Å²) in [5, 5.41) is 6.34. The first kappa shape index (κ1) is 41.1. The van der Waals surface area contributed by atoms with Gasteiger partial charge in [-0.05, 0) is 0 Å². The van der Waals surface area contributed by atoms with Gasteiger partial charge in [0.25, 0.3) is 0 Å². The van der Waals surface area contributed by atoms with Crippen LogP contribution >= 0.6 is 50.5 Å². The summed E-state index contributed by atoms with van der Waals surface area (Å²) in [6.07, 6.45) is 13.8. The van der Waals surface area contributed by atoms with Gasteiger partial charge in [0.15, 0.2) is 0 Å². The summed E-state index contributed by atoms with van der Waals surface area (Å²) in [7, 11) is -4.59. The predicted molar refractivity (Wildman–Crippen MR) is 258 cm³/mol. The SMILES string of the molecule is CCCCN([PH](C)(c1ccccc1)c1ccc([PH]2(CC)[C@H](C)CC[C@H]2C)c([PH]2(Cl)[C@H](C)CC[C@H]2C)c1)[PH]1(Cl)[C@@H](c2ccccc2)C=C[C@H]1c1ccccc1. The van der Waals surface area contributed by atoms with Crippen LogP contribution in [-0.2, 0) is 0 Å². The van der Waals surface area contributed by atoms with Crippen LogP contribution in [0.5, 0.6) is 0 Å². The number of benzene rings is 4. The Balaban J connectivity index is 1.53. The van der Waals surface area contributed by atoms with Crippen molar-refractivity contribution in [1.82, 2.24) is 4.44 Å². The first-order valence-corrected chi connectivity index (χ1v) is 32.2. The molecular weight excluding hydrogens is 773 g/mol. The topological polar surface area (TPSA) is 3.24 Å². The molecule has 3 aliphatic heterocycles. The molecule has 0 amide bonds. The van der Waals surface area contributed by atoms with Gasteiger partial charge in [0, 0.05) is 0 Å². The summed E-state index contributed by atoms with van der Waals surface area (Å²) >= 11 is 17.3. The number of hydrogen-bond donors (Lipinski definition) is 0. The summed E-state index contributed by atoms with van der Waals surface area (Å²) < 4.78 is 3.02. The van der Waals surface area contributed by atoms with E-state index in [2.05, 4.69) is 174 Å². The van der Waals surface area contributed by atoms with Gasteiger partial charge in [-0.1, -0.05) is 0 Å². The molecule has 6 atom stereocenters. The van der Waals surface area contributed by atoms with Crippen molar-refractivity contribution in [3.8, 4) is 0 Å². The van der Waals surface area contributed by atoms with E-state index in [4.69, 9.17) is 22.5 Å². The van der Waals surface area contributed by atoms with Crippen LogP contribution in [-0.4, -0.2) is 46.4 Å². The summed E-state index contributed by atoms with van der Waals surface area (Å²) in [5.74, 6) is 0. The molecule has 0 spiro atoms. The fraction of sp³-hybridized carbons (Fsp3) is 0.447.